The number of aromatic nitrogens is 2. The van der Waals surface area contributed by atoms with E-state index in [2.05, 4.69) is 29.2 Å². The van der Waals surface area contributed by atoms with Gasteiger partial charge in [0.25, 0.3) is 5.91 Å². The number of amides is 1. The number of nitrogens with zero attached hydrogens (tertiary/aromatic N) is 3. The zero-order chi connectivity index (χ0) is 21.9. The molecule has 0 aliphatic carbocycles. The summed E-state index contributed by atoms with van der Waals surface area (Å²) in [6.07, 6.45) is -4.11. The molecule has 1 aromatic heterocycles. The maximum absolute atomic E-state index is 13.7. The van der Waals surface area contributed by atoms with Gasteiger partial charge < -0.3 is 10.1 Å². The summed E-state index contributed by atoms with van der Waals surface area (Å²) in [5, 5.41) is 6.75. The van der Waals surface area contributed by atoms with Gasteiger partial charge in [-0.05, 0) is 30.2 Å². The minimum absolute atomic E-state index is 0.122. The van der Waals surface area contributed by atoms with E-state index in [1.54, 1.807) is 0 Å². The van der Waals surface area contributed by atoms with Gasteiger partial charge >= 0.3 is 6.18 Å². The van der Waals surface area contributed by atoms with Crippen molar-refractivity contribution in [1.82, 2.24) is 20.0 Å². The van der Waals surface area contributed by atoms with Crippen molar-refractivity contribution in [3.8, 4) is 5.69 Å². The molecule has 0 saturated carbocycles. The Morgan fingerprint density at radius 3 is 2.67 bits per heavy atom. The van der Waals surface area contributed by atoms with E-state index >= 15 is 0 Å². The van der Waals surface area contributed by atoms with Gasteiger partial charge in [-0.3, -0.25) is 9.69 Å². The van der Waals surface area contributed by atoms with Crippen LogP contribution in [0.5, 0.6) is 0 Å². The monoisotopic (exact) mass is 444 g/mol. The highest BCUT2D eigenvalue weighted by molar-refractivity contribution is 6.30. The van der Waals surface area contributed by atoms with Gasteiger partial charge in [-0.15, -0.1) is 0 Å². The molecule has 2 aromatic rings. The van der Waals surface area contributed by atoms with Gasteiger partial charge in [-0.1, -0.05) is 25.4 Å². The molecule has 0 bridgehead atoms. The molecular weight excluding hydrogens is 421 g/mol. The van der Waals surface area contributed by atoms with Crippen LogP contribution in [-0.2, 0) is 10.9 Å². The van der Waals surface area contributed by atoms with E-state index in [1.807, 2.05) is 0 Å². The van der Waals surface area contributed by atoms with Crippen molar-refractivity contribution in [3.05, 3.63) is 46.7 Å². The zero-order valence-corrected chi connectivity index (χ0v) is 17.5. The molecule has 1 saturated heterocycles. The van der Waals surface area contributed by atoms with Crippen LogP contribution in [0.3, 0.4) is 0 Å². The predicted octanol–water partition coefficient (Wildman–Crippen LogP) is 3.63. The Bertz CT molecular complexity index is 868. The first-order valence-corrected chi connectivity index (χ1v) is 10.1. The number of halogens is 4. The number of benzene rings is 1. The van der Waals surface area contributed by atoms with Gasteiger partial charge in [0.15, 0.2) is 5.69 Å². The first-order valence-electron chi connectivity index (χ1n) is 9.68. The fraction of sp³-hybridized carbons (Fsp3) is 0.500. The Morgan fingerprint density at radius 1 is 1.33 bits per heavy atom. The second kappa shape index (κ2) is 9.36. The molecule has 1 fully saturated rings. The molecule has 3 rings (SSSR count). The van der Waals surface area contributed by atoms with Gasteiger partial charge in [0.1, 0.15) is 0 Å². The van der Waals surface area contributed by atoms with Crippen LogP contribution in [0.2, 0.25) is 5.02 Å². The standard InChI is InChI=1S/C20H24ClF3N4O2/c1-13(2)11-27-7-8-30-16(12-27)9-25-19(29)17-10-26-28(18(17)20(22,23)24)15-5-3-14(21)4-6-15/h3-6,10,13,16H,7-9,11-12H2,1-2H3,(H,25,29)/t16-/m0/s1. The van der Waals surface area contributed by atoms with E-state index in [-0.39, 0.29) is 18.3 Å². The molecule has 1 atom stereocenters. The summed E-state index contributed by atoms with van der Waals surface area (Å²) in [6, 6.07) is 5.74. The molecule has 1 amide bonds. The Kier molecular flexibility index (Phi) is 7.05. The van der Waals surface area contributed by atoms with E-state index in [0.717, 1.165) is 19.3 Å². The Morgan fingerprint density at radius 2 is 2.03 bits per heavy atom. The summed E-state index contributed by atoms with van der Waals surface area (Å²) >= 11 is 5.81. The molecule has 0 spiro atoms. The molecule has 2 heterocycles. The fourth-order valence-corrected chi connectivity index (χ4v) is 3.58. The molecule has 164 valence electrons. The number of alkyl halides is 3. The minimum atomic E-state index is -4.77. The van der Waals surface area contributed by atoms with Crippen LogP contribution in [0.15, 0.2) is 30.5 Å². The topological polar surface area (TPSA) is 59.4 Å². The van der Waals surface area contributed by atoms with Crippen molar-refractivity contribution < 1.29 is 22.7 Å². The summed E-state index contributed by atoms with van der Waals surface area (Å²) in [5.74, 6) is -0.349. The van der Waals surface area contributed by atoms with Gasteiger partial charge in [0.05, 0.1) is 30.2 Å². The number of hydrogen-bond donors (Lipinski definition) is 1. The summed E-state index contributed by atoms with van der Waals surface area (Å²) in [7, 11) is 0. The number of carbonyl (C=O) groups is 1. The van der Waals surface area contributed by atoms with E-state index in [9.17, 15) is 18.0 Å². The number of carbonyl (C=O) groups excluding carboxylic acids is 1. The van der Waals surface area contributed by atoms with Gasteiger partial charge in [0, 0.05) is 31.2 Å². The Hall–Kier alpha value is -2.10. The summed E-state index contributed by atoms with van der Waals surface area (Å²) in [5.41, 5.74) is -1.51. The van der Waals surface area contributed by atoms with Crippen LogP contribution in [0.4, 0.5) is 13.2 Å². The van der Waals surface area contributed by atoms with Crippen LogP contribution in [0, 0.1) is 5.92 Å². The van der Waals surface area contributed by atoms with E-state index in [4.69, 9.17) is 16.3 Å². The largest absolute Gasteiger partial charge is 0.434 e. The average Bonchev–Trinajstić information content (AvgIpc) is 3.12. The van der Waals surface area contributed by atoms with Crippen molar-refractivity contribution in [1.29, 1.82) is 0 Å². The minimum Gasteiger partial charge on any atom is -0.374 e. The average molecular weight is 445 g/mol. The third-order valence-electron chi connectivity index (χ3n) is 4.69. The normalized spacial score (nSPS) is 18.0. The number of rotatable bonds is 6. The fourth-order valence-electron chi connectivity index (χ4n) is 3.45. The molecule has 0 radical (unpaired) electrons. The third kappa shape index (κ3) is 5.53. The highest BCUT2D eigenvalue weighted by Crippen LogP contribution is 2.33. The van der Waals surface area contributed by atoms with Crippen LogP contribution in [0.1, 0.15) is 29.9 Å². The van der Waals surface area contributed by atoms with Crippen molar-refractivity contribution in [2.24, 2.45) is 5.92 Å². The molecule has 6 nitrogen and oxygen atoms in total. The third-order valence-corrected chi connectivity index (χ3v) is 4.94. The molecule has 30 heavy (non-hydrogen) atoms. The van der Waals surface area contributed by atoms with Crippen LogP contribution < -0.4 is 5.32 Å². The van der Waals surface area contributed by atoms with E-state index < -0.39 is 23.3 Å². The lowest BCUT2D eigenvalue weighted by atomic mass is 10.1. The maximum Gasteiger partial charge on any atom is 0.434 e. The van der Waals surface area contributed by atoms with Gasteiger partial charge in [-0.25, -0.2) is 4.68 Å². The second-order valence-electron chi connectivity index (χ2n) is 7.65. The first kappa shape index (κ1) is 22.6. The van der Waals surface area contributed by atoms with Gasteiger partial charge in [0.2, 0.25) is 0 Å². The quantitative estimate of drug-likeness (QED) is 0.739. The SMILES string of the molecule is CC(C)CN1CCO[C@@H](CNC(=O)c2cnn(-c3ccc(Cl)cc3)c2C(F)(F)F)C1. The molecule has 1 aliphatic rings. The number of ether oxygens (including phenoxy) is 1. The molecule has 10 heteroatoms. The summed E-state index contributed by atoms with van der Waals surface area (Å²) in [4.78, 5) is 14.8. The Balaban J connectivity index is 1.73. The number of hydrogen-bond acceptors (Lipinski definition) is 4. The van der Waals surface area contributed by atoms with E-state index in [0.29, 0.717) is 28.8 Å². The zero-order valence-electron chi connectivity index (χ0n) is 16.7. The summed E-state index contributed by atoms with van der Waals surface area (Å²) in [6.45, 7) is 7.20. The first-order chi connectivity index (χ1) is 14.1. The van der Waals surface area contributed by atoms with Crippen LogP contribution in [-0.4, -0.2) is 59.5 Å². The predicted molar refractivity (Wildman–Crippen MR) is 107 cm³/mol. The lowest BCUT2D eigenvalue weighted by Crippen LogP contribution is -2.48. The lowest BCUT2D eigenvalue weighted by molar-refractivity contribution is -0.143. The highest BCUT2D eigenvalue weighted by atomic mass is 35.5. The molecule has 0 unspecified atom stereocenters. The van der Waals surface area contributed by atoms with Gasteiger partial charge in [-0.2, -0.15) is 18.3 Å². The molecule has 1 aromatic carbocycles. The van der Waals surface area contributed by atoms with Crippen LogP contribution >= 0.6 is 11.6 Å². The van der Waals surface area contributed by atoms with Crippen molar-refractivity contribution in [2.75, 3.05) is 32.8 Å². The smallest absolute Gasteiger partial charge is 0.374 e. The molecule has 1 N–H and O–H groups in total. The maximum atomic E-state index is 13.7. The van der Waals surface area contributed by atoms with Crippen LogP contribution in [0.25, 0.3) is 5.69 Å². The van der Waals surface area contributed by atoms with Crippen molar-refractivity contribution >= 4 is 17.5 Å². The number of morpholine rings is 1. The number of nitrogens with one attached hydrogen (secondary N) is 1. The van der Waals surface area contributed by atoms with E-state index in [1.165, 1.54) is 24.3 Å². The molecular formula is C20H24ClF3N4O2. The molecule has 1 aliphatic heterocycles. The second-order valence-corrected chi connectivity index (χ2v) is 8.09. The lowest BCUT2D eigenvalue weighted by Gasteiger charge is -2.33. The highest BCUT2D eigenvalue weighted by Gasteiger charge is 2.40. The Labute approximate surface area is 177 Å². The summed E-state index contributed by atoms with van der Waals surface area (Å²) < 4.78 is 47.6. The van der Waals surface area contributed by atoms with Crippen molar-refractivity contribution in [3.63, 3.8) is 0 Å². The van der Waals surface area contributed by atoms with Crippen molar-refractivity contribution in [2.45, 2.75) is 26.1 Å².